The van der Waals surface area contributed by atoms with Crippen LogP contribution in [0.3, 0.4) is 0 Å². The summed E-state index contributed by atoms with van der Waals surface area (Å²) in [6.07, 6.45) is 14.5. The number of nitrogens with zero attached hydrogens (tertiary/aromatic N) is 3. The highest BCUT2D eigenvalue weighted by Crippen LogP contribution is 2.31. The fraction of sp³-hybridized carbons (Fsp3) is 0.397. The number of rotatable bonds is 30. The van der Waals surface area contributed by atoms with Crippen molar-refractivity contribution in [2.45, 2.75) is 84.0 Å². The van der Waals surface area contributed by atoms with Gasteiger partial charge in [-0.15, -0.1) is 0 Å². The first-order valence-electron chi connectivity index (χ1n) is 31.1. The van der Waals surface area contributed by atoms with Crippen LogP contribution in [0.1, 0.15) is 129 Å². The van der Waals surface area contributed by atoms with Gasteiger partial charge in [0.1, 0.15) is 23.0 Å². The molecule has 4 N–H and O–H groups in total. The van der Waals surface area contributed by atoms with Crippen LogP contribution in [-0.2, 0) is 0 Å². The second kappa shape index (κ2) is 28.4. The molecular formula is C73H96N7O4+3. The maximum atomic E-state index is 6.38. The smallest absolute Gasteiger partial charge is 0.119 e. The van der Waals surface area contributed by atoms with Gasteiger partial charge in [0.05, 0.1) is 109 Å². The Morgan fingerprint density at radius 3 is 0.750 bits per heavy atom. The Kier molecular flexibility index (Phi) is 20.7. The van der Waals surface area contributed by atoms with E-state index < -0.39 is 0 Å². The maximum absolute atomic E-state index is 6.38. The number of fused-ring (bicyclic) bond motifs is 8. The van der Waals surface area contributed by atoms with Gasteiger partial charge in [-0.3, -0.25) is 0 Å². The zero-order chi connectivity index (χ0) is 59.1. The zero-order valence-electron chi connectivity index (χ0n) is 52.3. The van der Waals surface area contributed by atoms with Gasteiger partial charge in [-0.2, -0.15) is 0 Å². The molecule has 84 heavy (non-hydrogen) atoms. The molecule has 1 aliphatic rings. The number of hydrogen-bond acceptors (Lipinski definition) is 4. The summed E-state index contributed by atoms with van der Waals surface area (Å²) in [5.41, 5.74) is 12.4. The topological polar surface area (TPSA) is 100 Å². The van der Waals surface area contributed by atoms with Gasteiger partial charge in [0.2, 0.25) is 0 Å². The minimum absolute atomic E-state index is 0.664. The number of aromatic amines is 4. The summed E-state index contributed by atoms with van der Waals surface area (Å²) in [5.74, 6) is 3.46. The fourth-order valence-electron chi connectivity index (χ4n) is 11.2. The Morgan fingerprint density at radius 2 is 0.500 bits per heavy atom. The van der Waals surface area contributed by atoms with Crippen molar-refractivity contribution in [1.29, 1.82) is 0 Å². The molecule has 11 nitrogen and oxygen atoms in total. The Labute approximate surface area is 500 Å². The Balaban J connectivity index is 1.15. The Morgan fingerprint density at radius 1 is 0.262 bits per heavy atom. The molecule has 0 atom stereocenters. The molecule has 8 bridgehead atoms. The molecule has 0 unspecified atom stereocenters. The van der Waals surface area contributed by atoms with E-state index in [-0.39, 0.29) is 0 Å². The molecule has 0 saturated heterocycles. The largest absolute Gasteiger partial charge is 0.494 e. The summed E-state index contributed by atoms with van der Waals surface area (Å²) in [6.45, 7) is 8.11. The highest BCUT2D eigenvalue weighted by molar-refractivity contribution is 5.85. The first-order valence-corrected chi connectivity index (χ1v) is 31.1. The van der Waals surface area contributed by atoms with Crippen molar-refractivity contribution in [2.75, 3.05) is 109 Å². The van der Waals surface area contributed by atoms with Crippen LogP contribution >= 0.6 is 0 Å². The molecule has 0 fully saturated rings. The molecule has 5 heterocycles. The van der Waals surface area contributed by atoms with E-state index in [1.165, 1.54) is 51.4 Å². The summed E-state index contributed by atoms with van der Waals surface area (Å²) < 4.78 is 28.1. The Hall–Kier alpha value is -7.44. The van der Waals surface area contributed by atoms with Crippen molar-refractivity contribution in [2.24, 2.45) is 0 Å². The lowest BCUT2D eigenvalue weighted by Crippen LogP contribution is -2.36. The van der Waals surface area contributed by atoms with E-state index in [1.54, 1.807) is 0 Å². The minimum Gasteiger partial charge on any atom is -0.494 e. The third kappa shape index (κ3) is 17.3. The zero-order valence-corrected chi connectivity index (χ0v) is 52.3. The van der Waals surface area contributed by atoms with E-state index in [1.807, 2.05) is 0 Å². The lowest BCUT2D eigenvalue weighted by atomic mass is 10.0. The number of aromatic nitrogens is 4. The van der Waals surface area contributed by atoms with Gasteiger partial charge >= 0.3 is 0 Å². The van der Waals surface area contributed by atoms with Crippen molar-refractivity contribution >= 4 is 22.3 Å². The van der Waals surface area contributed by atoms with Crippen molar-refractivity contribution < 1.29 is 32.4 Å². The van der Waals surface area contributed by atoms with Gasteiger partial charge in [-0.05, 0) is 126 Å². The third-order valence-electron chi connectivity index (χ3n) is 15.7. The molecule has 9 rings (SSSR count). The van der Waals surface area contributed by atoms with E-state index in [0.29, 0.717) is 19.8 Å². The van der Waals surface area contributed by atoms with Gasteiger partial charge in [0, 0.05) is 85.7 Å². The van der Waals surface area contributed by atoms with Crippen LogP contribution in [0.4, 0.5) is 0 Å². The number of H-pyrrole nitrogens is 4. The SMILES string of the molecule is CCCCCCCCCCCOc1ccc(C2=c3ccc([nH]3)=C(c3ccc(OCCC[N+](C)(C)C)cc3)c3ccc([nH]3)C(c3ccc(OCCC[N+](C)(C)C)cc3)=c3ccc([nH]3)=C(c3ccc(OCCC[N+](C)(C)C)cc3)c3ccc2[nH]3)cc1. The second-order valence-corrected chi connectivity index (χ2v) is 26.1. The average molecular weight is 1140 g/mol. The van der Waals surface area contributed by atoms with E-state index in [2.05, 4.69) is 236 Å². The quantitative estimate of drug-likeness (QED) is 0.0266. The number of ether oxygens (including phenoxy) is 4. The third-order valence-corrected chi connectivity index (χ3v) is 15.7. The maximum Gasteiger partial charge on any atom is 0.119 e. The predicted octanol–water partition coefficient (Wildman–Crippen LogP) is 11.6. The molecule has 11 heteroatoms. The van der Waals surface area contributed by atoms with E-state index >= 15 is 0 Å². The Bertz CT molecular complexity index is 3600. The van der Waals surface area contributed by atoms with Crippen LogP contribution < -0.4 is 40.3 Å². The normalized spacial score (nSPS) is 13.0. The molecule has 0 amide bonds. The lowest BCUT2D eigenvalue weighted by Gasteiger charge is -2.23. The molecule has 0 saturated carbocycles. The molecule has 4 aromatic heterocycles. The fourth-order valence-corrected chi connectivity index (χ4v) is 11.2. The molecule has 0 spiro atoms. The van der Waals surface area contributed by atoms with Gasteiger partial charge in [0.25, 0.3) is 0 Å². The molecule has 1 aliphatic heterocycles. The van der Waals surface area contributed by atoms with E-state index in [0.717, 1.165) is 177 Å². The summed E-state index contributed by atoms with van der Waals surface area (Å²) >= 11 is 0. The highest BCUT2D eigenvalue weighted by Gasteiger charge is 2.20. The number of unbranched alkanes of at least 4 members (excludes halogenated alkanes) is 8. The molecule has 0 aliphatic carbocycles. The standard InChI is InChI=1S/C73H96N7O4/c1-11-12-13-14-15-16-17-18-19-50-81-58-31-23-54(24-32-58)70-62-39-41-64(74-62)71(55-25-33-59(34-26-55)82-51-20-47-78(2,3)4)66-43-45-68(76-66)73(57-29-37-61(38-30-57)84-53-22-49-80(8,9)10)69-46-44-67(77-69)72(65-42-40-63(70)75-65)56-27-35-60(36-28-56)83-52-21-48-79(5,6)7/h23-46,74-77H,11-22,47-53H2,1-10H3/q+3. The molecular weight excluding hydrogens is 1040 g/mol. The van der Waals surface area contributed by atoms with Crippen molar-refractivity contribution in [1.82, 2.24) is 19.9 Å². The van der Waals surface area contributed by atoms with Crippen LogP contribution in [0, 0.1) is 0 Å². The number of hydrogen-bond donors (Lipinski definition) is 4. The number of quaternary nitrogens is 3. The van der Waals surface area contributed by atoms with Crippen molar-refractivity contribution in [3.8, 4) is 23.0 Å². The minimum atomic E-state index is 0.664. The first kappa shape index (κ1) is 61.1. The van der Waals surface area contributed by atoms with Crippen LogP contribution in [-0.4, -0.2) is 143 Å². The summed E-state index contributed by atoms with van der Waals surface area (Å²) in [4.78, 5) is 15.9. The summed E-state index contributed by atoms with van der Waals surface area (Å²) in [7, 11) is 20.0. The summed E-state index contributed by atoms with van der Waals surface area (Å²) in [6, 6.07) is 52.1. The molecule has 444 valence electrons. The van der Waals surface area contributed by atoms with E-state index in [4.69, 9.17) is 18.9 Å². The number of nitrogens with one attached hydrogen (secondary N) is 4. The van der Waals surface area contributed by atoms with Crippen molar-refractivity contribution in [3.05, 3.63) is 212 Å². The predicted molar refractivity (Wildman–Crippen MR) is 346 cm³/mol. The van der Waals surface area contributed by atoms with E-state index in [9.17, 15) is 0 Å². The van der Waals surface area contributed by atoms with Gasteiger partial charge in [0.15, 0.2) is 0 Å². The van der Waals surface area contributed by atoms with Gasteiger partial charge < -0.3 is 52.3 Å². The monoisotopic (exact) mass is 1130 g/mol. The van der Waals surface area contributed by atoms with Crippen LogP contribution in [0.2, 0.25) is 0 Å². The van der Waals surface area contributed by atoms with Gasteiger partial charge in [-0.25, -0.2) is 0 Å². The summed E-state index contributed by atoms with van der Waals surface area (Å²) in [5, 5.41) is 3.92. The highest BCUT2D eigenvalue weighted by atomic mass is 16.5. The second-order valence-electron chi connectivity index (χ2n) is 26.1. The molecule has 0 radical (unpaired) electrons. The molecule has 4 aromatic carbocycles. The molecule has 8 aromatic rings. The van der Waals surface area contributed by atoms with Crippen LogP contribution in [0.5, 0.6) is 23.0 Å². The van der Waals surface area contributed by atoms with Gasteiger partial charge in [-0.1, -0.05) is 107 Å². The lowest BCUT2D eigenvalue weighted by molar-refractivity contribution is -0.870. The first-order chi connectivity index (χ1) is 40.5. The van der Waals surface area contributed by atoms with Crippen LogP contribution in [0.15, 0.2) is 146 Å². The van der Waals surface area contributed by atoms with Crippen molar-refractivity contribution in [3.63, 3.8) is 0 Å². The number of benzene rings is 4. The average Bonchev–Trinajstić information content (AvgIpc) is 2.18. The van der Waals surface area contributed by atoms with Crippen LogP contribution in [0.25, 0.3) is 22.3 Å².